The van der Waals surface area contributed by atoms with Crippen molar-refractivity contribution in [3.8, 4) is 0 Å². The lowest BCUT2D eigenvalue weighted by molar-refractivity contribution is -0.389. The number of carboxylic acids is 1. The van der Waals surface area contributed by atoms with E-state index in [4.69, 9.17) is 0 Å². The zero-order chi connectivity index (χ0) is 14.9. The van der Waals surface area contributed by atoms with Crippen LogP contribution in [0.3, 0.4) is 0 Å². The molecule has 20 heavy (non-hydrogen) atoms. The third kappa shape index (κ3) is 2.09. The lowest BCUT2D eigenvalue weighted by atomic mass is 9.93. The Hall–Kier alpha value is -2.16. The molecule has 0 aromatic carbocycles. The number of nitro groups is 1. The van der Waals surface area contributed by atoms with Crippen molar-refractivity contribution in [2.45, 2.75) is 32.2 Å². The van der Waals surface area contributed by atoms with Crippen molar-refractivity contribution in [3.05, 3.63) is 21.7 Å². The maximum absolute atomic E-state index is 11.5. The molecule has 9 heteroatoms. The van der Waals surface area contributed by atoms with Crippen molar-refractivity contribution < 1.29 is 14.8 Å². The summed E-state index contributed by atoms with van der Waals surface area (Å²) in [4.78, 5) is 26.7. The number of nitrogens with one attached hydrogen (secondary N) is 1. The first kappa shape index (κ1) is 14.3. The second kappa shape index (κ2) is 5.08. The molecule has 8 nitrogen and oxygen atoms in total. The number of carboxylic acid groups (broad SMARTS) is 1. The second-order valence-corrected chi connectivity index (χ2v) is 5.19. The van der Waals surface area contributed by atoms with E-state index in [-0.39, 0.29) is 11.6 Å². The Morgan fingerprint density at radius 3 is 2.75 bits per heavy atom. The molecule has 2 aromatic rings. The highest BCUT2D eigenvalue weighted by Gasteiger charge is 2.38. The Bertz CT molecular complexity index is 658. The predicted molar refractivity (Wildman–Crippen MR) is 74.3 cm³/mol. The molecule has 0 aliphatic heterocycles. The van der Waals surface area contributed by atoms with Crippen molar-refractivity contribution in [1.29, 1.82) is 0 Å². The SMILES string of the molecule is CCC(CC)(Nc1nc2sccn2c1[N+](=O)[O-])C(=O)O. The maximum atomic E-state index is 11.5. The number of nitrogens with zero attached hydrogens (tertiary/aromatic N) is 3. The Labute approximate surface area is 118 Å². The van der Waals surface area contributed by atoms with Crippen LogP contribution in [0.2, 0.25) is 0 Å². The molecule has 0 atom stereocenters. The molecule has 0 saturated carbocycles. The summed E-state index contributed by atoms with van der Waals surface area (Å²) in [6, 6.07) is 0. The number of fused-ring (bicyclic) bond motifs is 1. The quantitative estimate of drug-likeness (QED) is 0.625. The molecule has 2 rings (SSSR count). The van der Waals surface area contributed by atoms with Crippen molar-refractivity contribution >= 4 is 33.9 Å². The smallest absolute Gasteiger partial charge is 0.372 e. The number of rotatable bonds is 6. The van der Waals surface area contributed by atoms with Gasteiger partial charge in [-0.2, -0.15) is 9.38 Å². The monoisotopic (exact) mass is 298 g/mol. The predicted octanol–water partition coefficient (Wildman–Crippen LogP) is 2.36. The van der Waals surface area contributed by atoms with Gasteiger partial charge < -0.3 is 20.5 Å². The number of carbonyl (C=O) groups is 1. The normalized spacial score (nSPS) is 11.7. The van der Waals surface area contributed by atoms with E-state index in [1.54, 1.807) is 19.2 Å². The first-order chi connectivity index (χ1) is 9.45. The summed E-state index contributed by atoms with van der Waals surface area (Å²) in [6.07, 6.45) is 2.12. The Balaban J connectivity index is 2.52. The molecular weight excluding hydrogens is 284 g/mol. The third-order valence-electron chi connectivity index (χ3n) is 3.38. The van der Waals surface area contributed by atoms with Gasteiger partial charge in [-0.1, -0.05) is 25.2 Å². The minimum absolute atomic E-state index is 0.00653. The number of thiazole rings is 1. The van der Waals surface area contributed by atoms with E-state index in [1.807, 2.05) is 0 Å². The van der Waals surface area contributed by atoms with E-state index in [9.17, 15) is 20.0 Å². The van der Waals surface area contributed by atoms with Crippen LogP contribution < -0.4 is 5.32 Å². The molecule has 0 saturated heterocycles. The van der Waals surface area contributed by atoms with Crippen molar-refractivity contribution in [2.75, 3.05) is 5.32 Å². The van der Waals surface area contributed by atoms with Gasteiger partial charge in [-0.15, -0.1) is 0 Å². The molecule has 0 aliphatic carbocycles. The Kier molecular flexibility index (Phi) is 3.62. The van der Waals surface area contributed by atoms with Gasteiger partial charge >= 0.3 is 11.8 Å². The first-order valence-corrected chi connectivity index (χ1v) is 6.94. The highest BCUT2D eigenvalue weighted by molar-refractivity contribution is 7.15. The number of aromatic nitrogens is 2. The lowest BCUT2D eigenvalue weighted by Crippen LogP contribution is -2.45. The van der Waals surface area contributed by atoms with E-state index in [2.05, 4.69) is 10.3 Å². The minimum Gasteiger partial charge on any atom is -0.480 e. The number of imidazole rings is 1. The van der Waals surface area contributed by atoms with E-state index in [1.165, 1.54) is 21.9 Å². The largest absolute Gasteiger partial charge is 0.480 e. The maximum Gasteiger partial charge on any atom is 0.372 e. The van der Waals surface area contributed by atoms with Crippen LogP contribution in [0.5, 0.6) is 0 Å². The standard InChI is InChI=1S/C11H14N4O4S/c1-3-11(4-2,9(16)17)13-7-8(15(18)19)14-5-6-20-10(14)12-7/h5-6,13H,3-4H2,1-2H3,(H,16,17). The molecule has 0 amide bonds. The van der Waals surface area contributed by atoms with Gasteiger partial charge in [0.05, 0.1) is 0 Å². The molecule has 0 radical (unpaired) electrons. The van der Waals surface area contributed by atoms with E-state index in [0.29, 0.717) is 17.8 Å². The van der Waals surface area contributed by atoms with Crippen molar-refractivity contribution in [3.63, 3.8) is 0 Å². The Morgan fingerprint density at radius 1 is 1.60 bits per heavy atom. The fourth-order valence-corrected chi connectivity index (χ4v) is 2.75. The fraction of sp³-hybridized carbons (Fsp3) is 0.455. The minimum atomic E-state index is -1.26. The van der Waals surface area contributed by atoms with E-state index in [0.717, 1.165) is 0 Å². The van der Waals surface area contributed by atoms with Crippen LogP contribution in [0.4, 0.5) is 11.6 Å². The van der Waals surface area contributed by atoms with Gasteiger partial charge in [0.2, 0.25) is 5.82 Å². The van der Waals surface area contributed by atoms with Gasteiger partial charge in [-0.05, 0) is 17.8 Å². The van der Waals surface area contributed by atoms with E-state index >= 15 is 0 Å². The van der Waals surface area contributed by atoms with Crippen LogP contribution >= 0.6 is 11.3 Å². The highest BCUT2D eigenvalue weighted by Crippen LogP contribution is 2.32. The molecule has 0 unspecified atom stereocenters. The van der Waals surface area contributed by atoms with Gasteiger partial charge in [0.25, 0.3) is 4.96 Å². The summed E-state index contributed by atoms with van der Waals surface area (Å²) in [5.74, 6) is -1.30. The second-order valence-electron chi connectivity index (χ2n) is 4.32. The van der Waals surface area contributed by atoms with Crippen LogP contribution in [0, 0.1) is 10.1 Å². The number of hydrogen-bond donors (Lipinski definition) is 2. The molecule has 2 N–H and O–H groups in total. The number of anilines is 1. The molecule has 0 fully saturated rings. The van der Waals surface area contributed by atoms with Gasteiger partial charge in [0, 0.05) is 5.38 Å². The zero-order valence-electron chi connectivity index (χ0n) is 11.0. The molecular formula is C11H14N4O4S. The summed E-state index contributed by atoms with van der Waals surface area (Å²) < 4.78 is 1.34. The number of hydrogen-bond acceptors (Lipinski definition) is 6. The lowest BCUT2D eigenvalue weighted by Gasteiger charge is -2.27. The third-order valence-corrected chi connectivity index (χ3v) is 4.14. The van der Waals surface area contributed by atoms with Crippen molar-refractivity contribution in [2.24, 2.45) is 0 Å². The van der Waals surface area contributed by atoms with Gasteiger partial charge in [-0.3, -0.25) is 0 Å². The van der Waals surface area contributed by atoms with Crippen LogP contribution in [0.15, 0.2) is 11.6 Å². The highest BCUT2D eigenvalue weighted by atomic mass is 32.1. The average molecular weight is 298 g/mol. The zero-order valence-corrected chi connectivity index (χ0v) is 11.8. The fourth-order valence-electron chi connectivity index (χ4n) is 2.04. The summed E-state index contributed by atoms with van der Waals surface area (Å²) in [6.45, 7) is 3.43. The van der Waals surface area contributed by atoms with E-state index < -0.39 is 16.4 Å². The first-order valence-electron chi connectivity index (χ1n) is 6.06. The number of aliphatic carboxylic acids is 1. The van der Waals surface area contributed by atoms with Crippen LogP contribution in [0.25, 0.3) is 4.96 Å². The Morgan fingerprint density at radius 2 is 2.25 bits per heavy atom. The van der Waals surface area contributed by atoms with Gasteiger partial charge in [0.15, 0.2) is 0 Å². The van der Waals surface area contributed by atoms with Crippen LogP contribution in [-0.4, -0.2) is 30.9 Å². The van der Waals surface area contributed by atoms with Gasteiger partial charge in [0.1, 0.15) is 11.7 Å². The summed E-state index contributed by atoms with van der Waals surface area (Å²) >= 11 is 1.25. The van der Waals surface area contributed by atoms with Crippen molar-refractivity contribution in [1.82, 2.24) is 9.38 Å². The van der Waals surface area contributed by atoms with Gasteiger partial charge in [-0.25, -0.2) is 4.79 Å². The average Bonchev–Trinajstić information content (AvgIpc) is 2.94. The molecule has 0 aliphatic rings. The summed E-state index contributed by atoms with van der Waals surface area (Å²) in [7, 11) is 0. The topological polar surface area (TPSA) is 110 Å². The summed E-state index contributed by atoms with van der Waals surface area (Å²) in [5.41, 5.74) is -1.26. The molecule has 2 heterocycles. The van der Waals surface area contributed by atoms with Crippen LogP contribution in [0.1, 0.15) is 26.7 Å². The molecule has 0 spiro atoms. The summed E-state index contributed by atoms with van der Waals surface area (Å²) in [5, 5.41) is 25.0. The molecule has 0 bridgehead atoms. The molecule has 108 valence electrons. The molecule has 2 aromatic heterocycles. The van der Waals surface area contributed by atoms with Crippen LogP contribution in [-0.2, 0) is 4.79 Å².